The predicted octanol–water partition coefficient (Wildman–Crippen LogP) is 6.85. The van der Waals surface area contributed by atoms with Crippen molar-refractivity contribution in [3.8, 4) is 11.1 Å². The van der Waals surface area contributed by atoms with E-state index in [1.165, 1.54) is 38.6 Å². The largest absolute Gasteiger partial charge is 0.456 e. The molecule has 0 saturated heterocycles. The minimum absolute atomic E-state index is 0.0626. The van der Waals surface area contributed by atoms with Crippen molar-refractivity contribution in [2.75, 3.05) is 0 Å². The minimum atomic E-state index is -0.0626. The summed E-state index contributed by atoms with van der Waals surface area (Å²) in [6, 6.07) is 16.8. The highest BCUT2D eigenvalue weighted by atomic mass is 35.5. The molecule has 1 aliphatic carbocycles. The lowest BCUT2D eigenvalue weighted by molar-refractivity contribution is 0.654. The van der Waals surface area contributed by atoms with Crippen LogP contribution in [0, 0.1) is 6.92 Å². The third-order valence-corrected chi connectivity index (χ3v) is 5.67. The standard InChI is InChI=1S/C22H17ClO/c1-12-10-17-19(14-9-8-13(23)11-16(14)22(17,2)3)20-15-6-4-5-7-18(15)24-21(12)20/h4-11H,1-3H3. The molecule has 0 bridgehead atoms. The SMILES string of the molecule is Cc1cc2c(c3c1oc1ccccc13)-c1ccc(Cl)cc1C2(C)C. The lowest BCUT2D eigenvalue weighted by Gasteiger charge is -2.22. The van der Waals surface area contributed by atoms with Crippen LogP contribution in [0.1, 0.15) is 30.5 Å². The Labute approximate surface area is 145 Å². The summed E-state index contributed by atoms with van der Waals surface area (Å²) in [5.41, 5.74) is 8.30. The molecule has 1 heterocycles. The highest BCUT2D eigenvalue weighted by molar-refractivity contribution is 6.31. The fourth-order valence-electron chi connectivity index (χ4n) is 4.23. The summed E-state index contributed by atoms with van der Waals surface area (Å²) in [4.78, 5) is 0. The van der Waals surface area contributed by atoms with E-state index in [1.54, 1.807) is 0 Å². The van der Waals surface area contributed by atoms with Gasteiger partial charge in [0.2, 0.25) is 0 Å². The first-order chi connectivity index (χ1) is 11.5. The summed E-state index contributed by atoms with van der Waals surface area (Å²) in [6.07, 6.45) is 0. The number of benzene rings is 3. The van der Waals surface area contributed by atoms with Crippen LogP contribution in [0.4, 0.5) is 0 Å². The predicted molar refractivity (Wildman–Crippen MR) is 101 cm³/mol. The van der Waals surface area contributed by atoms with Crippen LogP contribution < -0.4 is 0 Å². The molecule has 0 amide bonds. The van der Waals surface area contributed by atoms with E-state index in [0.717, 1.165) is 16.2 Å². The Hall–Kier alpha value is -2.25. The van der Waals surface area contributed by atoms with Gasteiger partial charge in [0.05, 0.1) is 0 Å². The van der Waals surface area contributed by atoms with E-state index in [-0.39, 0.29) is 5.41 Å². The van der Waals surface area contributed by atoms with Crippen LogP contribution in [0.3, 0.4) is 0 Å². The molecule has 0 N–H and O–H groups in total. The van der Waals surface area contributed by atoms with Gasteiger partial charge in [0, 0.05) is 21.2 Å². The van der Waals surface area contributed by atoms with E-state index in [4.69, 9.17) is 16.0 Å². The summed E-state index contributed by atoms with van der Waals surface area (Å²) < 4.78 is 6.19. The molecule has 0 spiro atoms. The first kappa shape index (κ1) is 14.1. The molecular weight excluding hydrogens is 316 g/mol. The van der Waals surface area contributed by atoms with Crippen molar-refractivity contribution in [3.63, 3.8) is 0 Å². The molecule has 0 radical (unpaired) electrons. The molecule has 0 unspecified atom stereocenters. The number of fused-ring (bicyclic) bond motifs is 7. The number of para-hydroxylation sites is 1. The van der Waals surface area contributed by atoms with Gasteiger partial charge in [-0.2, -0.15) is 0 Å². The normalized spacial score (nSPS) is 15.0. The second kappa shape index (κ2) is 4.43. The quantitative estimate of drug-likeness (QED) is 0.343. The van der Waals surface area contributed by atoms with Gasteiger partial charge >= 0.3 is 0 Å². The summed E-state index contributed by atoms with van der Waals surface area (Å²) in [6.45, 7) is 6.69. The Balaban J connectivity index is 2.06. The van der Waals surface area contributed by atoms with E-state index in [2.05, 4.69) is 51.1 Å². The van der Waals surface area contributed by atoms with Gasteiger partial charge < -0.3 is 4.42 Å². The number of aryl methyl sites for hydroxylation is 1. The Morgan fingerprint density at radius 1 is 0.958 bits per heavy atom. The molecule has 24 heavy (non-hydrogen) atoms. The molecule has 5 rings (SSSR count). The second-order valence-corrected chi connectivity index (χ2v) is 7.67. The summed E-state index contributed by atoms with van der Waals surface area (Å²) in [5, 5.41) is 3.21. The van der Waals surface area contributed by atoms with Crippen molar-refractivity contribution < 1.29 is 4.42 Å². The number of halogens is 1. The lowest BCUT2D eigenvalue weighted by Crippen LogP contribution is -2.15. The van der Waals surface area contributed by atoms with Crippen LogP contribution in [0.25, 0.3) is 33.1 Å². The zero-order valence-electron chi connectivity index (χ0n) is 13.9. The lowest BCUT2D eigenvalue weighted by atomic mass is 9.81. The van der Waals surface area contributed by atoms with Crippen LogP contribution >= 0.6 is 11.6 Å². The van der Waals surface area contributed by atoms with E-state index >= 15 is 0 Å². The van der Waals surface area contributed by atoms with E-state index < -0.39 is 0 Å². The number of hydrogen-bond donors (Lipinski definition) is 0. The molecule has 4 aromatic rings. The summed E-state index contributed by atoms with van der Waals surface area (Å²) in [5.74, 6) is 0. The summed E-state index contributed by atoms with van der Waals surface area (Å²) >= 11 is 6.30. The van der Waals surface area contributed by atoms with E-state index in [0.29, 0.717) is 0 Å². The van der Waals surface area contributed by atoms with Gasteiger partial charge in [0.25, 0.3) is 0 Å². The molecule has 0 aliphatic heterocycles. The summed E-state index contributed by atoms with van der Waals surface area (Å²) in [7, 11) is 0. The van der Waals surface area contributed by atoms with Crippen molar-refractivity contribution in [1.82, 2.24) is 0 Å². The molecule has 0 atom stereocenters. The van der Waals surface area contributed by atoms with E-state index in [1.807, 2.05) is 18.2 Å². The fraction of sp³-hybridized carbons (Fsp3) is 0.182. The maximum absolute atomic E-state index is 6.30. The minimum Gasteiger partial charge on any atom is -0.456 e. The average Bonchev–Trinajstić information content (AvgIpc) is 3.04. The third-order valence-electron chi connectivity index (χ3n) is 5.43. The number of furan rings is 1. The molecular formula is C22H17ClO. The maximum atomic E-state index is 6.30. The maximum Gasteiger partial charge on any atom is 0.138 e. The average molecular weight is 333 g/mol. The zero-order chi connectivity index (χ0) is 16.6. The van der Waals surface area contributed by atoms with Gasteiger partial charge in [-0.1, -0.05) is 55.8 Å². The topological polar surface area (TPSA) is 13.1 Å². The molecule has 1 nitrogen and oxygen atoms in total. The van der Waals surface area contributed by atoms with Gasteiger partial charge in [-0.3, -0.25) is 0 Å². The van der Waals surface area contributed by atoms with Crippen LogP contribution in [0.2, 0.25) is 5.02 Å². The number of hydrogen-bond acceptors (Lipinski definition) is 1. The van der Waals surface area contributed by atoms with Crippen LogP contribution in [0.5, 0.6) is 0 Å². The molecule has 118 valence electrons. The Morgan fingerprint density at radius 3 is 2.58 bits per heavy atom. The van der Waals surface area contributed by atoms with Gasteiger partial charge in [0.1, 0.15) is 11.2 Å². The molecule has 1 aliphatic rings. The first-order valence-corrected chi connectivity index (χ1v) is 8.62. The Morgan fingerprint density at radius 2 is 1.75 bits per heavy atom. The van der Waals surface area contributed by atoms with Gasteiger partial charge in [0.15, 0.2) is 0 Å². The van der Waals surface area contributed by atoms with Crippen molar-refractivity contribution >= 4 is 33.5 Å². The zero-order valence-corrected chi connectivity index (χ0v) is 14.7. The monoisotopic (exact) mass is 332 g/mol. The molecule has 0 saturated carbocycles. The van der Waals surface area contributed by atoms with Crippen LogP contribution in [0.15, 0.2) is 52.9 Å². The molecule has 0 fully saturated rings. The van der Waals surface area contributed by atoms with Crippen LogP contribution in [-0.2, 0) is 5.41 Å². The van der Waals surface area contributed by atoms with Crippen molar-refractivity contribution in [3.05, 3.63) is 70.2 Å². The third kappa shape index (κ3) is 1.61. The molecule has 1 aromatic heterocycles. The highest BCUT2D eigenvalue weighted by Crippen LogP contribution is 2.54. The Bertz CT molecular complexity index is 1150. The molecule has 2 heteroatoms. The highest BCUT2D eigenvalue weighted by Gasteiger charge is 2.38. The van der Waals surface area contributed by atoms with Gasteiger partial charge in [-0.05, 0) is 52.9 Å². The molecule has 3 aromatic carbocycles. The van der Waals surface area contributed by atoms with Crippen LogP contribution in [-0.4, -0.2) is 0 Å². The second-order valence-electron chi connectivity index (χ2n) is 7.23. The Kier molecular flexibility index (Phi) is 2.61. The van der Waals surface area contributed by atoms with Crippen molar-refractivity contribution in [2.24, 2.45) is 0 Å². The smallest absolute Gasteiger partial charge is 0.138 e. The fourth-order valence-corrected chi connectivity index (χ4v) is 4.40. The van der Waals surface area contributed by atoms with Gasteiger partial charge in [-0.15, -0.1) is 0 Å². The van der Waals surface area contributed by atoms with E-state index in [9.17, 15) is 0 Å². The van der Waals surface area contributed by atoms with Crippen molar-refractivity contribution in [1.29, 1.82) is 0 Å². The first-order valence-electron chi connectivity index (χ1n) is 8.24. The van der Waals surface area contributed by atoms with Crippen molar-refractivity contribution in [2.45, 2.75) is 26.2 Å². The van der Waals surface area contributed by atoms with Gasteiger partial charge in [-0.25, -0.2) is 0 Å². The number of rotatable bonds is 0.